The number of carbonyl (C=O) groups excluding carboxylic acids is 1. The Balaban J connectivity index is 2.26. The lowest BCUT2D eigenvalue weighted by atomic mass is 10.0. The van der Waals surface area contributed by atoms with Crippen LogP contribution in [0.3, 0.4) is 0 Å². The van der Waals surface area contributed by atoms with Crippen molar-refractivity contribution in [2.75, 3.05) is 5.32 Å². The zero-order valence-electron chi connectivity index (χ0n) is 11.7. The Bertz CT molecular complexity index is 625. The summed E-state index contributed by atoms with van der Waals surface area (Å²) in [5.41, 5.74) is 6.72. The summed E-state index contributed by atoms with van der Waals surface area (Å²) in [7, 11) is 0. The summed E-state index contributed by atoms with van der Waals surface area (Å²) in [6.45, 7) is 4.12. The van der Waals surface area contributed by atoms with Gasteiger partial charge in [0, 0.05) is 15.5 Å². The molecular weight excluding hydrogens is 316 g/mol. The van der Waals surface area contributed by atoms with Gasteiger partial charge in [-0.25, -0.2) is 0 Å². The number of hydrogen-bond acceptors (Lipinski definition) is 2. The third-order valence-electron chi connectivity index (χ3n) is 3.19. The van der Waals surface area contributed by atoms with Gasteiger partial charge in [0.25, 0.3) is 0 Å². The summed E-state index contributed by atoms with van der Waals surface area (Å²) >= 11 is 3.52. The first-order valence-electron chi connectivity index (χ1n) is 6.72. The fraction of sp³-hybridized carbons (Fsp3) is 0.312. The first-order valence-corrected chi connectivity index (χ1v) is 7.52. The number of hydrogen-bond donors (Lipinski definition) is 2. The van der Waals surface area contributed by atoms with Crippen LogP contribution in [0.2, 0.25) is 0 Å². The van der Waals surface area contributed by atoms with E-state index in [9.17, 15) is 4.79 Å². The second-order valence-electron chi connectivity index (χ2n) is 5.37. The van der Waals surface area contributed by atoms with Gasteiger partial charge in [-0.15, -0.1) is 0 Å². The molecule has 1 atom stereocenters. The molecule has 0 saturated heterocycles. The van der Waals surface area contributed by atoms with Gasteiger partial charge in [0.05, 0.1) is 6.04 Å². The molecule has 0 heterocycles. The predicted octanol–water partition coefficient (Wildman–Crippen LogP) is 3.91. The molecule has 3 nitrogen and oxygen atoms in total. The fourth-order valence-electron chi connectivity index (χ4n) is 2.21. The molecule has 2 aromatic rings. The van der Waals surface area contributed by atoms with E-state index in [0.717, 1.165) is 20.9 Å². The monoisotopic (exact) mass is 334 g/mol. The van der Waals surface area contributed by atoms with Crippen LogP contribution >= 0.6 is 15.9 Å². The Hall–Kier alpha value is -1.39. The van der Waals surface area contributed by atoms with Crippen LogP contribution in [0.5, 0.6) is 0 Å². The number of benzene rings is 2. The van der Waals surface area contributed by atoms with Crippen molar-refractivity contribution in [1.29, 1.82) is 0 Å². The minimum Gasteiger partial charge on any atom is -0.324 e. The minimum absolute atomic E-state index is 0.133. The van der Waals surface area contributed by atoms with Gasteiger partial charge < -0.3 is 11.1 Å². The fourth-order valence-corrected chi connectivity index (χ4v) is 2.69. The first-order chi connectivity index (χ1) is 9.49. The maximum atomic E-state index is 12.1. The molecule has 0 radical (unpaired) electrons. The number of fused-ring (bicyclic) bond motifs is 1. The van der Waals surface area contributed by atoms with Gasteiger partial charge in [0.1, 0.15) is 0 Å². The summed E-state index contributed by atoms with van der Waals surface area (Å²) in [5.74, 6) is 0.267. The number of nitrogens with two attached hydrogens (primary N) is 1. The molecule has 106 valence electrons. The van der Waals surface area contributed by atoms with Crippen molar-refractivity contribution in [3.05, 3.63) is 40.9 Å². The zero-order valence-corrected chi connectivity index (χ0v) is 13.3. The summed E-state index contributed by atoms with van der Waals surface area (Å²) < 4.78 is 1.01. The number of halogens is 1. The average molecular weight is 335 g/mol. The van der Waals surface area contributed by atoms with Crippen LogP contribution in [0.15, 0.2) is 40.9 Å². The molecule has 0 aliphatic rings. The molecule has 0 spiro atoms. The Kier molecular flexibility index (Phi) is 4.78. The van der Waals surface area contributed by atoms with E-state index in [2.05, 4.69) is 35.1 Å². The van der Waals surface area contributed by atoms with Crippen molar-refractivity contribution in [1.82, 2.24) is 0 Å². The van der Waals surface area contributed by atoms with Crippen molar-refractivity contribution in [3.63, 3.8) is 0 Å². The van der Waals surface area contributed by atoms with Crippen LogP contribution in [0, 0.1) is 5.92 Å². The molecule has 0 saturated carbocycles. The summed E-state index contributed by atoms with van der Waals surface area (Å²) in [4.78, 5) is 12.1. The van der Waals surface area contributed by atoms with E-state index in [1.54, 1.807) is 0 Å². The second-order valence-corrected chi connectivity index (χ2v) is 6.22. The highest BCUT2D eigenvalue weighted by Crippen LogP contribution is 2.30. The largest absolute Gasteiger partial charge is 0.324 e. The Morgan fingerprint density at radius 3 is 2.50 bits per heavy atom. The molecule has 1 unspecified atom stereocenters. The predicted molar refractivity (Wildman–Crippen MR) is 87.7 cm³/mol. The van der Waals surface area contributed by atoms with E-state index in [0.29, 0.717) is 12.3 Å². The van der Waals surface area contributed by atoms with Gasteiger partial charge in [-0.05, 0) is 29.9 Å². The van der Waals surface area contributed by atoms with Crippen LogP contribution < -0.4 is 11.1 Å². The van der Waals surface area contributed by atoms with Gasteiger partial charge in [-0.3, -0.25) is 4.79 Å². The molecule has 1 amide bonds. The maximum absolute atomic E-state index is 12.1. The third-order valence-corrected chi connectivity index (χ3v) is 3.88. The van der Waals surface area contributed by atoms with E-state index in [1.807, 2.05) is 36.4 Å². The Labute approximate surface area is 127 Å². The van der Waals surface area contributed by atoms with Gasteiger partial charge >= 0.3 is 0 Å². The van der Waals surface area contributed by atoms with Crippen LogP contribution in [0.4, 0.5) is 5.69 Å². The van der Waals surface area contributed by atoms with E-state index in [4.69, 9.17) is 5.73 Å². The number of carbonyl (C=O) groups is 1. The van der Waals surface area contributed by atoms with Crippen molar-refractivity contribution < 1.29 is 4.79 Å². The number of amides is 1. The lowest BCUT2D eigenvalue weighted by Crippen LogP contribution is -2.36. The van der Waals surface area contributed by atoms with Gasteiger partial charge in [0.15, 0.2) is 0 Å². The van der Waals surface area contributed by atoms with E-state index < -0.39 is 6.04 Å². The topological polar surface area (TPSA) is 55.1 Å². The van der Waals surface area contributed by atoms with E-state index in [1.165, 1.54) is 0 Å². The average Bonchev–Trinajstić information content (AvgIpc) is 2.41. The Morgan fingerprint density at radius 1 is 1.20 bits per heavy atom. The molecule has 0 aromatic heterocycles. The van der Waals surface area contributed by atoms with Crippen molar-refractivity contribution in [3.8, 4) is 0 Å². The van der Waals surface area contributed by atoms with E-state index in [-0.39, 0.29) is 5.91 Å². The van der Waals surface area contributed by atoms with E-state index >= 15 is 0 Å². The standard InChI is InChI=1S/C16H19BrN2O/c1-10(2)9-14(18)16(20)19-15-8-7-13(17)11-5-3-4-6-12(11)15/h3-8,10,14H,9,18H2,1-2H3,(H,19,20). The summed E-state index contributed by atoms with van der Waals surface area (Å²) in [5, 5.41) is 5.01. The number of nitrogens with one attached hydrogen (secondary N) is 1. The second kappa shape index (κ2) is 6.37. The van der Waals surface area contributed by atoms with Crippen LogP contribution in [-0.2, 0) is 4.79 Å². The maximum Gasteiger partial charge on any atom is 0.241 e. The molecule has 20 heavy (non-hydrogen) atoms. The van der Waals surface area contributed by atoms with Crippen LogP contribution in [0.1, 0.15) is 20.3 Å². The summed E-state index contributed by atoms with van der Waals surface area (Å²) in [6.07, 6.45) is 0.681. The van der Waals surface area contributed by atoms with Crippen molar-refractivity contribution >= 4 is 38.3 Å². The quantitative estimate of drug-likeness (QED) is 0.890. The highest BCUT2D eigenvalue weighted by atomic mass is 79.9. The molecule has 3 N–H and O–H groups in total. The highest BCUT2D eigenvalue weighted by Gasteiger charge is 2.16. The van der Waals surface area contributed by atoms with Gasteiger partial charge in [-0.2, -0.15) is 0 Å². The SMILES string of the molecule is CC(C)CC(N)C(=O)Nc1ccc(Br)c2ccccc12. The molecule has 4 heteroatoms. The molecule has 0 fully saturated rings. The molecule has 0 bridgehead atoms. The van der Waals surface area contributed by atoms with Crippen molar-refractivity contribution in [2.45, 2.75) is 26.3 Å². The lowest BCUT2D eigenvalue weighted by molar-refractivity contribution is -0.117. The number of anilines is 1. The van der Waals surface area contributed by atoms with Crippen molar-refractivity contribution in [2.24, 2.45) is 11.7 Å². The Morgan fingerprint density at radius 2 is 1.85 bits per heavy atom. The van der Waals surface area contributed by atoms with Crippen LogP contribution in [0.25, 0.3) is 10.8 Å². The zero-order chi connectivity index (χ0) is 14.7. The highest BCUT2D eigenvalue weighted by molar-refractivity contribution is 9.10. The minimum atomic E-state index is -0.475. The molecule has 2 rings (SSSR count). The molecular formula is C16H19BrN2O. The number of rotatable bonds is 4. The summed E-state index contributed by atoms with van der Waals surface area (Å²) in [6, 6.07) is 11.3. The molecule has 2 aromatic carbocycles. The third kappa shape index (κ3) is 3.38. The molecule has 0 aliphatic heterocycles. The first kappa shape index (κ1) is 15.0. The lowest BCUT2D eigenvalue weighted by Gasteiger charge is -2.15. The van der Waals surface area contributed by atoms with Gasteiger partial charge in [-0.1, -0.05) is 54.0 Å². The smallest absolute Gasteiger partial charge is 0.241 e. The van der Waals surface area contributed by atoms with Crippen LogP contribution in [-0.4, -0.2) is 11.9 Å². The normalized spacial score (nSPS) is 12.7. The molecule has 0 aliphatic carbocycles. The van der Waals surface area contributed by atoms with Gasteiger partial charge in [0.2, 0.25) is 5.91 Å².